The molecule has 0 aromatic heterocycles. The Morgan fingerprint density at radius 3 is 2.68 bits per heavy atom. The molecular weight excluding hydrogens is 420 g/mol. The van der Waals surface area contributed by atoms with Crippen molar-refractivity contribution in [2.75, 3.05) is 16.8 Å². The van der Waals surface area contributed by atoms with Gasteiger partial charge in [0, 0.05) is 35.1 Å². The number of hydrogen-bond donors (Lipinski definition) is 2. The maximum Gasteiger partial charge on any atom is 0.225 e. The highest BCUT2D eigenvalue weighted by atomic mass is 35.5. The summed E-state index contributed by atoms with van der Waals surface area (Å²) in [6.07, 6.45) is 0.239. The molecule has 1 aliphatic rings. The topological polar surface area (TPSA) is 92.3 Å². The Morgan fingerprint density at radius 1 is 1.18 bits per heavy atom. The van der Waals surface area contributed by atoms with Crippen LogP contribution in [0.5, 0.6) is 0 Å². The molecule has 1 aliphatic heterocycles. The second-order valence-electron chi connectivity index (χ2n) is 6.28. The molecule has 2 N–H and O–H groups in total. The minimum Gasteiger partial charge on any atom is -0.352 e. The zero-order chi connectivity index (χ0) is 20.1. The number of halogens is 1. The number of fused-ring (bicyclic) bond motifs is 1. The van der Waals surface area contributed by atoms with Crippen molar-refractivity contribution < 1.29 is 18.0 Å². The fourth-order valence-corrected chi connectivity index (χ4v) is 4.95. The molecule has 2 amide bonds. The number of carbonyl (C=O) groups is 2. The monoisotopic (exact) mass is 438 g/mol. The number of carbonyl (C=O) groups excluding carboxylic acids is 2. The first kappa shape index (κ1) is 20.7. The zero-order valence-corrected chi connectivity index (χ0v) is 17.3. The predicted octanol–water partition coefficient (Wildman–Crippen LogP) is 3.25. The maximum absolute atomic E-state index is 12.6. The average Bonchev–Trinajstić information content (AvgIpc) is 2.85. The van der Waals surface area contributed by atoms with E-state index in [9.17, 15) is 18.0 Å². The average molecular weight is 439 g/mol. The van der Waals surface area contributed by atoms with Crippen molar-refractivity contribution in [3.05, 3.63) is 53.1 Å². The van der Waals surface area contributed by atoms with Crippen molar-refractivity contribution in [1.29, 1.82) is 0 Å². The summed E-state index contributed by atoms with van der Waals surface area (Å²) in [7, 11) is -3.65. The van der Waals surface area contributed by atoms with E-state index in [-0.39, 0.29) is 28.9 Å². The van der Waals surface area contributed by atoms with E-state index in [1.54, 1.807) is 30.3 Å². The second-order valence-corrected chi connectivity index (χ2v) is 9.96. The number of hydrogen-bond acceptors (Lipinski definition) is 5. The summed E-state index contributed by atoms with van der Waals surface area (Å²) in [5.41, 5.74) is 1.38. The highest BCUT2D eigenvalue weighted by molar-refractivity contribution is 7.99. The smallest absolute Gasteiger partial charge is 0.225 e. The molecule has 0 bridgehead atoms. The van der Waals surface area contributed by atoms with Crippen molar-refractivity contribution in [2.24, 2.45) is 0 Å². The Balaban J connectivity index is 1.59. The van der Waals surface area contributed by atoms with Gasteiger partial charge in [-0.15, -0.1) is 11.8 Å². The van der Waals surface area contributed by atoms with Crippen LogP contribution in [0.3, 0.4) is 0 Å². The van der Waals surface area contributed by atoms with E-state index in [4.69, 9.17) is 11.6 Å². The lowest BCUT2D eigenvalue weighted by Gasteiger charge is -2.10. The fourth-order valence-electron chi connectivity index (χ4n) is 2.63. The Morgan fingerprint density at radius 2 is 1.93 bits per heavy atom. The molecule has 3 rings (SSSR count). The standard InChI is InChI=1S/C19H19ClN2O4S2/c20-14-3-1-13(2-4-14)12-21-18(23)8-10-28(25,26)15-5-6-17-16(11-15)22-19(24)7-9-27-17/h1-6,11H,7-10,12H2,(H,21,23)(H,22,24). The first-order valence-electron chi connectivity index (χ1n) is 8.64. The molecule has 2 aromatic carbocycles. The summed E-state index contributed by atoms with van der Waals surface area (Å²) < 4.78 is 25.2. The van der Waals surface area contributed by atoms with Gasteiger partial charge < -0.3 is 10.6 Å². The lowest BCUT2D eigenvalue weighted by Crippen LogP contribution is -2.25. The molecule has 6 nitrogen and oxygen atoms in total. The molecule has 0 unspecified atom stereocenters. The summed E-state index contributed by atoms with van der Waals surface area (Å²) >= 11 is 7.32. The number of rotatable bonds is 6. The highest BCUT2D eigenvalue weighted by Gasteiger charge is 2.20. The van der Waals surface area contributed by atoms with Gasteiger partial charge in [-0.2, -0.15) is 0 Å². The molecule has 0 aliphatic carbocycles. The van der Waals surface area contributed by atoms with Gasteiger partial charge in [-0.3, -0.25) is 9.59 Å². The van der Waals surface area contributed by atoms with Gasteiger partial charge in [-0.25, -0.2) is 8.42 Å². The third-order valence-corrected chi connectivity index (χ3v) is 7.21. The Kier molecular flexibility index (Phi) is 6.64. The first-order valence-corrected chi connectivity index (χ1v) is 11.7. The van der Waals surface area contributed by atoms with Crippen LogP contribution in [0.25, 0.3) is 0 Å². The van der Waals surface area contributed by atoms with E-state index in [1.165, 1.54) is 23.9 Å². The molecule has 0 radical (unpaired) electrons. The van der Waals surface area contributed by atoms with Crippen molar-refractivity contribution in [3.63, 3.8) is 0 Å². The minimum atomic E-state index is -3.65. The van der Waals surface area contributed by atoms with E-state index < -0.39 is 9.84 Å². The van der Waals surface area contributed by atoms with Gasteiger partial charge >= 0.3 is 0 Å². The van der Waals surface area contributed by atoms with Gasteiger partial charge in [-0.1, -0.05) is 23.7 Å². The number of nitrogens with one attached hydrogen (secondary N) is 2. The molecule has 0 saturated heterocycles. The number of amides is 2. The number of sulfone groups is 1. The van der Waals surface area contributed by atoms with E-state index in [0.717, 1.165) is 10.5 Å². The summed E-state index contributed by atoms with van der Waals surface area (Å²) in [6, 6.07) is 11.7. The fraction of sp³-hybridized carbons (Fsp3) is 0.263. The van der Waals surface area contributed by atoms with Gasteiger partial charge in [0.1, 0.15) is 0 Å². The van der Waals surface area contributed by atoms with Crippen LogP contribution in [0, 0.1) is 0 Å². The van der Waals surface area contributed by atoms with Crippen LogP contribution in [-0.4, -0.2) is 31.7 Å². The SMILES string of the molecule is O=C(CCS(=O)(=O)c1ccc2c(c1)NC(=O)CCS2)NCc1ccc(Cl)cc1. The molecule has 0 spiro atoms. The van der Waals surface area contributed by atoms with Gasteiger partial charge in [0.05, 0.1) is 16.3 Å². The van der Waals surface area contributed by atoms with Crippen LogP contribution in [-0.2, 0) is 26.0 Å². The zero-order valence-electron chi connectivity index (χ0n) is 14.9. The van der Waals surface area contributed by atoms with Crippen LogP contribution in [0.4, 0.5) is 5.69 Å². The Hall–Kier alpha value is -2.03. The quantitative estimate of drug-likeness (QED) is 0.722. The number of benzene rings is 2. The molecule has 9 heteroatoms. The van der Waals surface area contributed by atoms with Crippen molar-refractivity contribution >= 4 is 50.7 Å². The lowest BCUT2D eigenvalue weighted by atomic mass is 10.2. The minimum absolute atomic E-state index is 0.0968. The van der Waals surface area contributed by atoms with Crippen molar-refractivity contribution in [3.8, 4) is 0 Å². The van der Waals surface area contributed by atoms with Crippen molar-refractivity contribution in [1.82, 2.24) is 5.32 Å². The van der Waals surface area contributed by atoms with Gasteiger partial charge in [0.25, 0.3) is 0 Å². The highest BCUT2D eigenvalue weighted by Crippen LogP contribution is 2.32. The number of thioether (sulfide) groups is 1. The first-order chi connectivity index (χ1) is 13.3. The van der Waals surface area contributed by atoms with Crippen LogP contribution >= 0.6 is 23.4 Å². The van der Waals surface area contributed by atoms with Gasteiger partial charge in [-0.05, 0) is 35.9 Å². The van der Waals surface area contributed by atoms with Crippen LogP contribution in [0.15, 0.2) is 52.3 Å². The van der Waals surface area contributed by atoms with Crippen LogP contribution in [0.1, 0.15) is 18.4 Å². The third kappa shape index (κ3) is 5.50. The molecular formula is C19H19ClN2O4S2. The molecule has 0 saturated carbocycles. The van der Waals surface area contributed by atoms with E-state index in [1.807, 2.05) is 0 Å². The lowest BCUT2D eigenvalue weighted by molar-refractivity contribution is -0.121. The van der Waals surface area contributed by atoms with E-state index >= 15 is 0 Å². The largest absolute Gasteiger partial charge is 0.352 e. The molecule has 1 heterocycles. The summed E-state index contributed by atoms with van der Waals surface area (Å²) in [6.45, 7) is 0.304. The van der Waals surface area contributed by atoms with Gasteiger partial charge in [0.15, 0.2) is 9.84 Å². The number of anilines is 1. The van der Waals surface area contributed by atoms with E-state index in [0.29, 0.717) is 29.4 Å². The molecule has 0 atom stereocenters. The molecule has 0 fully saturated rings. The summed E-state index contributed by atoms with van der Waals surface area (Å²) in [5, 5.41) is 6.04. The van der Waals surface area contributed by atoms with Crippen LogP contribution in [0.2, 0.25) is 5.02 Å². The summed E-state index contributed by atoms with van der Waals surface area (Å²) in [5.74, 6) is -0.141. The Labute approximate surface area is 173 Å². The maximum atomic E-state index is 12.6. The Bertz CT molecular complexity index is 991. The van der Waals surface area contributed by atoms with Gasteiger partial charge in [0.2, 0.25) is 11.8 Å². The second kappa shape index (κ2) is 8.98. The van der Waals surface area contributed by atoms with E-state index in [2.05, 4.69) is 10.6 Å². The van der Waals surface area contributed by atoms with Crippen molar-refractivity contribution in [2.45, 2.75) is 29.2 Å². The van der Waals surface area contributed by atoms with Crippen LogP contribution < -0.4 is 10.6 Å². The summed E-state index contributed by atoms with van der Waals surface area (Å²) in [4.78, 5) is 24.7. The molecule has 2 aromatic rings. The normalized spacial score (nSPS) is 14.0. The molecule has 28 heavy (non-hydrogen) atoms. The third-order valence-electron chi connectivity index (χ3n) is 4.17. The predicted molar refractivity (Wildman–Crippen MR) is 110 cm³/mol. The molecule has 148 valence electrons.